The number of hydrogen-bond donors (Lipinski definition) is 2. The molecule has 4 nitrogen and oxygen atoms in total. The molecule has 2 heterocycles. The van der Waals surface area contributed by atoms with E-state index in [1.807, 2.05) is 24.3 Å². The second-order valence-corrected chi connectivity index (χ2v) is 6.86. The molecule has 2 N–H and O–H groups in total. The fourth-order valence-electron chi connectivity index (χ4n) is 3.69. The van der Waals surface area contributed by atoms with E-state index >= 15 is 0 Å². The summed E-state index contributed by atoms with van der Waals surface area (Å²) < 4.78 is 5.69. The van der Waals surface area contributed by atoms with Crippen LogP contribution in [0.1, 0.15) is 62.2 Å². The summed E-state index contributed by atoms with van der Waals surface area (Å²) in [5, 5.41) is 6.80. The molecule has 1 amide bonds. The first-order valence-electron chi connectivity index (χ1n) is 9.04. The summed E-state index contributed by atoms with van der Waals surface area (Å²) in [6.45, 7) is 2.93. The molecule has 2 unspecified atom stereocenters. The summed E-state index contributed by atoms with van der Waals surface area (Å²) in [4.78, 5) is 12.4. The van der Waals surface area contributed by atoms with Gasteiger partial charge in [0.05, 0.1) is 6.61 Å². The third-order valence-corrected chi connectivity index (χ3v) is 4.94. The van der Waals surface area contributed by atoms with Crippen LogP contribution in [0.15, 0.2) is 24.3 Å². The normalized spacial score (nSPS) is 25.0. The second kappa shape index (κ2) is 9.28. The molecule has 2 aliphatic rings. The first-order valence-corrected chi connectivity index (χ1v) is 9.04. The molecule has 24 heavy (non-hydrogen) atoms. The van der Waals surface area contributed by atoms with Gasteiger partial charge in [-0.15, -0.1) is 12.4 Å². The number of piperidine rings is 1. The van der Waals surface area contributed by atoms with Gasteiger partial charge in [-0.1, -0.05) is 19.8 Å². The van der Waals surface area contributed by atoms with Gasteiger partial charge in [0.1, 0.15) is 5.75 Å². The van der Waals surface area contributed by atoms with Gasteiger partial charge in [-0.3, -0.25) is 4.79 Å². The number of halogens is 1. The molecule has 2 saturated heterocycles. The zero-order chi connectivity index (χ0) is 16.1. The molecule has 1 aromatic rings. The van der Waals surface area contributed by atoms with E-state index in [4.69, 9.17) is 4.74 Å². The van der Waals surface area contributed by atoms with Crippen LogP contribution >= 0.6 is 12.4 Å². The largest absolute Gasteiger partial charge is 0.494 e. The quantitative estimate of drug-likeness (QED) is 0.736. The van der Waals surface area contributed by atoms with E-state index in [0.717, 1.165) is 37.2 Å². The Balaban J connectivity index is 0.00000208. The molecule has 0 spiro atoms. The highest BCUT2D eigenvalue weighted by atomic mass is 35.5. The molecule has 5 heteroatoms. The molecule has 2 fully saturated rings. The molecule has 1 aromatic carbocycles. The minimum atomic E-state index is 0. The maximum atomic E-state index is 12.4. The fourth-order valence-corrected chi connectivity index (χ4v) is 3.69. The van der Waals surface area contributed by atoms with E-state index in [2.05, 4.69) is 17.6 Å². The number of unbranched alkanes of at least 4 members (excludes halogenated alkanes) is 2. The van der Waals surface area contributed by atoms with Crippen molar-refractivity contribution in [2.24, 2.45) is 0 Å². The Kier molecular flexibility index (Phi) is 7.38. The van der Waals surface area contributed by atoms with Crippen LogP contribution in [-0.2, 0) is 0 Å². The molecule has 2 atom stereocenters. The van der Waals surface area contributed by atoms with Gasteiger partial charge in [0.2, 0.25) is 0 Å². The third-order valence-electron chi connectivity index (χ3n) is 4.94. The number of benzene rings is 1. The maximum absolute atomic E-state index is 12.4. The van der Waals surface area contributed by atoms with Gasteiger partial charge in [-0.25, -0.2) is 0 Å². The van der Waals surface area contributed by atoms with E-state index in [9.17, 15) is 4.79 Å². The average molecular weight is 353 g/mol. The van der Waals surface area contributed by atoms with Crippen molar-refractivity contribution in [1.82, 2.24) is 10.6 Å². The molecule has 134 valence electrons. The standard InChI is InChI=1S/C19H28N2O2.ClH/c1-2-3-4-11-23-18-9-5-14(6-10-18)19(22)21-17-12-15-7-8-16(13-17)20-15;/h5-6,9-10,15-17,20H,2-4,7-8,11-13H2,1H3,(H,21,22);1H. The van der Waals surface area contributed by atoms with Gasteiger partial charge in [0.15, 0.2) is 0 Å². The average Bonchev–Trinajstić information content (AvgIpc) is 2.91. The minimum absolute atomic E-state index is 0. The van der Waals surface area contributed by atoms with Crippen LogP contribution < -0.4 is 15.4 Å². The van der Waals surface area contributed by atoms with Gasteiger partial charge in [-0.05, 0) is 56.4 Å². The predicted molar refractivity (Wildman–Crippen MR) is 99.1 cm³/mol. The van der Waals surface area contributed by atoms with Crippen molar-refractivity contribution in [2.45, 2.75) is 70.0 Å². The highest BCUT2D eigenvalue weighted by Gasteiger charge is 2.34. The van der Waals surface area contributed by atoms with Crippen LogP contribution in [-0.4, -0.2) is 30.6 Å². The highest BCUT2D eigenvalue weighted by Crippen LogP contribution is 2.27. The number of amides is 1. The van der Waals surface area contributed by atoms with Crippen molar-refractivity contribution in [3.05, 3.63) is 29.8 Å². The summed E-state index contributed by atoms with van der Waals surface area (Å²) in [6.07, 6.45) is 8.08. The Hall–Kier alpha value is -1.26. The third kappa shape index (κ3) is 5.12. The molecule has 0 aromatic heterocycles. The predicted octanol–water partition coefficient (Wildman–Crippen LogP) is 3.69. The smallest absolute Gasteiger partial charge is 0.251 e. The van der Waals surface area contributed by atoms with Gasteiger partial charge in [-0.2, -0.15) is 0 Å². The van der Waals surface area contributed by atoms with Gasteiger partial charge in [0, 0.05) is 23.7 Å². The zero-order valence-corrected chi connectivity index (χ0v) is 15.2. The fraction of sp³-hybridized carbons (Fsp3) is 0.632. The van der Waals surface area contributed by atoms with Crippen LogP contribution in [0.5, 0.6) is 5.75 Å². The monoisotopic (exact) mass is 352 g/mol. The Bertz CT molecular complexity index is 509. The van der Waals surface area contributed by atoms with Crippen molar-refractivity contribution in [3.8, 4) is 5.75 Å². The topological polar surface area (TPSA) is 50.4 Å². The summed E-state index contributed by atoms with van der Waals surface area (Å²) in [5.41, 5.74) is 0.719. The van der Waals surface area contributed by atoms with Gasteiger partial charge < -0.3 is 15.4 Å². The molecule has 0 radical (unpaired) electrons. The van der Waals surface area contributed by atoms with E-state index < -0.39 is 0 Å². The maximum Gasteiger partial charge on any atom is 0.251 e. The van der Waals surface area contributed by atoms with E-state index in [-0.39, 0.29) is 18.3 Å². The number of carbonyl (C=O) groups is 1. The van der Waals surface area contributed by atoms with E-state index in [1.165, 1.54) is 25.7 Å². The lowest BCUT2D eigenvalue weighted by Crippen LogP contribution is -2.48. The van der Waals surface area contributed by atoms with E-state index in [0.29, 0.717) is 18.1 Å². The molecule has 0 aliphatic carbocycles. The molecule has 0 saturated carbocycles. The summed E-state index contributed by atoms with van der Waals surface area (Å²) >= 11 is 0. The lowest BCUT2D eigenvalue weighted by molar-refractivity contribution is 0.0924. The van der Waals surface area contributed by atoms with Crippen molar-refractivity contribution in [1.29, 1.82) is 0 Å². The number of ether oxygens (including phenoxy) is 1. The molecule has 2 aliphatic heterocycles. The van der Waals surface area contributed by atoms with Gasteiger partial charge >= 0.3 is 0 Å². The van der Waals surface area contributed by atoms with Gasteiger partial charge in [0.25, 0.3) is 5.91 Å². The summed E-state index contributed by atoms with van der Waals surface area (Å²) in [6, 6.07) is 9.02. The van der Waals surface area contributed by atoms with Crippen molar-refractivity contribution < 1.29 is 9.53 Å². The number of hydrogen-bond acceptors (Lipinski definition) is 3. The summed E-state index contributed by atoms with van der Waals surface area (Å²) in [7, 11) is 0. The highest BCUT2D eigenvalue weighted by molar-refractivity contribution is 5.94. The van der Waals surface area contributed by atoms with Crippen LogP contribution in [0.2, 0.25) is 0 Å². The van der Waals surface area contributed by atoms with Crippen LogP contribution in [0.4, 0.5) is 0 Å². The van der Waals surface area contributed by atoms with Crippen molar-refractivity contribution in [2.75, 3.05) is 6.61 Å². The Morgan fingerprint density at radius 3 is 2.46 bits per heavy atom. The molecule has 2 bridgehead atoms. The second-order valence-electron chi connectivity index (χ2n) is 6.86. The van der Waals surface area contributed by atoms with E-state index in [1.54, 1.807) is 0 Å². The summed E-state index contributed by atoms with van der Waals surface area (Å²) in [5.74, 6) is 0.881. The SMILES string of the molecule is CCCCCOc1ccc(C(=O)NC2CC3CCC(C2)N3)cc1.Cl. The van der Waals surface area contributed by atoms with Crippen LogP contribution in [0, 0.1) is 0 Å². The zero-order valence-electron chi connectivity index (χ0n) is 14.4. The lowest BCUT2D eigenvalue weighted by Gasteiger charge is -2.29. The molecular weight excluding hydrogens is 324 g/mol. The number of fused-ring (bicyclic) bond motifs is 2. The molecule has 3 rings (SSSR count). The van der Waals surface area contributed by atoms with Crippen LogP contribution in [0.3, 0.4) is 0 Å². The molecular formula is C19H29ClN2O2. The number of carbonyl (C=O) groups excluding carboxylic acids is 1. The lowest BCUT2D eigenvalue weighted by atomic mass is 9.99. The van der Waals surface area contributed by atoms with Crippen molar-refractivity contribution >= 4 is 18.3 Å². The first-order chi connectivity index (χ1) is 11.2. The minimum Gasteiger partial charge on any atom is -0.494 e. The van der Waals surface area contributed by atoms with Crippen molar-refractivity contribution in [3.63, 3.8) is 0 Å². The van der Waals surface area contributed by atoms with Crippen LogP contribution in [0.25, 0.3) is 0 Å². The Morgan fingerprint density at radius 1 is 1.17 bits per heavy atom. The Morgan fingerprint density at radius 2 is 1.83 bits per heavy atom. The first kappa shape index (κ1) is 19.1. The Labute approximate surface area is 151 Å². The number of nitrogens with one attached hydrogen (secondary N) is 2. The number of rotatable bonds is 7.